The van der Waals surface area contributed by atoms with Crippen LogP contribution in [0.1, 0.15) is 29.0 Å². The summed E-state index contributed by atoms with van der Waals surface area (Å²) in [4.78, 5) is 0. The van der Waals surface area contributed by atoms with Gasteiger partial charge in [0.1, 0.15) is 0 Å². The maximum atomic E-state index is 13.5. The number of benzene rings is 1. The first kappa shape index (κ1) is 17.7. The molecule has 1 aliphatic rings. The van der Waals surface area contributed by atoms with Gasteiger partial charge in [-0.1, -0.05) is 59.1 Å². The minimum Gasteiger partial charge on any atom is -0.330 e. The highest BCUT2D eigenvalue weighted by molar-refractivity contribution is 6.48. The summed E-state index contributed by atoms with van der Waals surface area (Å²) in [5.74, 6) is -0.661. The van der Waals surface area contributed by atoms with Gasteiger partial charge in [0, 0.05) is 11.0 Å². The van der Waals surface area contributed by atoms with Crippen molar-refractivity contribution in [3.8, 4) is 0 Å². The molecule has 0 aromatic heterocycles. The summed E-state index contributed by atoms with van der Waals surface area (Å²) < 4.78 is 40.5. The molecule has 0 saturated carbocycles. The summed E-state index contributed by atoms with van der Waals surface area (Å²) in [7, 11) is 0. The molecule has 22 heavy (non-hydrogen) atoms. The molecule has 0 saturated heterocycles. The van der Waals surface area contributed by atoms with Gasteiger partial charge in [-0.2, -0.15) is 13.2 Å². The molecule has 0 amide bonds. The summed E-state index contributed by atoms with van der Waals surface area (Å²) in [6.45, 7) is 0.132. The van der Waals surface area contributed by atoms with Gasteiger partial charge in [-0.15, -0.1) is 0 Å². The van der Waals surface area contributed by atoms with Crippen molar-refractivity contribution in [3.05, 3.63) is 56.1 Å². The Balaban J connectivity index is 2.59. The third kappa shape index (κ3) is 3.46. The van der Waals surface area contributed by atoms with E-state index >= 15 is 0 Å². The number of hydrogen-bond donors (Lipinski definition) is 1. The number of alkyl halides is 3. The van der Waals surface area contributed by atoms with Crippen LogP contribution in [-0.4, -0.2) is 6.54 Å². The minimum atomic E-state index is -4.49. The lowest BCUT2D eigenvalue weighted by Gasteiger charge is -2.25. The molecule has 1 atom stereocenters. The average Bonchev–Trinajstić information content (AvgIpc) is 2.44. The monoisotopic (exact) mass is 369 g/mol. The molecule has 0 radical (unpaired) electrons. The standard InChI is InChI=1S/C15H13Cl3F3N/c16-11-5-4-10(13(17)14(11)18)9-3-1-2-8(6-7-22)12(9)15(19,20)21/h1-3,5,10H,4,6-7,22H2. The van der Waals surface area contributed by atoms with Crippen LogP contribution in [0.5, 0.6) is 0 Å². The van der Waals surface area contributed by atoms with E-state index in [2.05, 4.69) is 0 Å². The fraction of sp³-hybridized carbons (Fsp3) is 0.333. The van der Waals surface area contributed by atoms with Gasteiger partial charge in [0.2, 0.25) is 0 Å². The van der Waals surface area contributed by atoms with Crippen molar-refractivity contribution in [1.82, 2.24) is 0 Å². The van der Waals surface area contributed by atoms with Crippen LogP contribution in [0.15, 0.2) is 39.4 Å². The van der Waals surface area contributed by atoms with Crippen LogP contribution < -0.4 is 5.73 Å². The van der Waals surface area contributed by atoms with Crippen molar-refractivity contribution in [2.75, 3.05) is 6.54 Å². The first-order valence-electron chi connectivity index (χ1n) is 6.57. The number of nitrogens with two attached hydrogens (primary N) is 1. The Bertz CT molecular complexity index is 635. The molecule has 120 valence electrons. The molecule has 1 aliphatic carbocycles. The zero-order valence-corrected chi connectivity index (χ0v) is 13.6. The number of hydrogen-bond acceptors (Lipinski definition) is 1. The first-order valence-corrected chi connectivity index (χ1v) is 7.71. The van der Waals surface area contributed by atoms with Crippen molar-refractivity contribution in [1.29, 1.82) is 0 Å². The Hall–Kier alpha value is -0.680. The quantitative estimate of drug-likeness (QED) is 0.746. The lowest BCUT2D eigenvalue weighted by atomic mass is 9.85. The number of allylic oxidation sites excluding steroid dienone is 4. The van der Waals surface area contributed by atoms with Gasteiger partial charge in [-0.05, 0) is 30.5 Å². The van der Waals surface area contributed by atoms with Crippen LogP contribution in [0.3, 0.4) is 0 Å². The normalized spacial score (nSPS) is 19.4. The van der Waals surface area contributed by atoms with Gasteiger partial charge >= 0.3 is 6.18 Å². The van der Waals surface area contributed by atoms with Gasteiger partial charge < -0.3 is 5.73 Å². The van der Waals surface area contributed by atoms with Crippen LogP contribution in [0.25, 0.3) is 0 Å². The molecule has 1 aromatic carbocycles. The van der Waals surface area contributed by atoms with Gasteiger partial charge in [0.25, 0.3) is 0 Å². The third-order valence-corrected chi connectivity index (χ3v) is 4.91. The van der Waals surface area contributed by atoms with E-state index < -0.39 is 17.7 Å². The Labute approximate surface area is 141 Å². The first-order chi connectivity index (χ1) is 10.3. The smallest absolute Gasteiger partial charge is 0.330 e. The topological polar surface area (TPSA) is 26.0 Å². The summed E-state index contributed by atoms with van der Waals surface area (Å²) in [5, 5.41) is 0.482. The third-order valence-electron chi connectivity index (χ3n) is 3.51. The zero-order chi connectivity index (χ0) is 16.5. The second kappa shape index (κ2) is 6.83. The van der Waals surface area contributed by atoms with Crippen LogP contribution in [0.4, 0.5) is 13.2 Å². The molecule has 0 fully saturated rings. The molecule has 2 rings (SSSR count). The highest BCUT2D eigenvalue weighted by Gasteiger charge is 2.38. The molecule has 1 unspecified atom stereocenters. The number of rotatable bonds is 3. The van der Waals surface area contributed by atoms with Crippen molar-refractivity contribution >= 4 is 34.8 Å². The van der Waals surface area contributed by atoms with E-state index in [0.717, 1.165) is 0 Å². The lowest BCUT2D eigenvalue weighted by Crippen LogP contribution is -2.18. The second-order valence-corrected chi connectivity index (χ2v) is 6.11. The molecule has 0 aliphatic heterocycles. The summed E-state index contributed by atoms with van der Waals surface area (Å²) in [6, 6.07) is 4.44. The predicted octanol–water partition coefficient (Wildman–Crippen LogP) is 5.51. The van der Waals surface area contributed by atoms with Crippen molar-refractivity contribution in [3.63, 3.8) is 0 Å². The van der Waals surface area contributed by atoms with E-state index in [9.17, 15) is 13.2 Å². The fourth-order valence-electron chi connectivity index (χ4n) is 2.56. The predicted molar refractivity (Wildman–Crippen MR) is 84.2 cm³/mol. The van der Waals surface area contributed by atoms with Crippen LogP contribution in [-0.2, 0) is 12.6 Å². The Kier molecular flexibility index (Phi) is 5.49. The molecule has 0 bridgehead atoms. The summed E-state index contributed by atoms with van der Waals surface area (Å²) in [5.41, 5.74) is 5.00. The minimum absolute atomic E-state index is 0.0944. The van der Waals surface area contributed by atoms with Gasteiger partial charge in [-0.25, -0.2) is 0 Å². The zero-order valence-electron chi connectivity index (χ0n) is 11.4. The molecule has 1 aromatic rings. The van der Waals surface area contributed by atoms with Crippen LogP contribution in [0, 0.1) is 0 Å². The highest BCUT2D eigenvalue weighted by atomic mass is 35.5. The number of halogens is 6. The second-order valence-electron chi connectivity index (χ2n) is 4.92. The van der Waals surface area contributed by atoms with Crippen LogP contribution >= 0.6 is 34.8 Å². The van der Waals surface area contributed by atoms with Crippen LogP contribution in [0.2, 0.25) is 0 Å². The maximum absolute atomic E-state index is 13.5. The highest BCUT2D eigenvalue weighted by Crippen LogP contribution is 2.46. The molecule has 7 heteroatoms. The molecule has 0 heterocycles. The Morgan fingerprint density at radius 1 is 1.18 bits per heavy atom. The van der Waals surface area contributed by atoms with E-state index in [1.165, 1.54) is 12.1 Å². The lowest BCUT2D eigenvalue weighted by molar-refractivity contribution is -0.138. The van der Waals surface area contributed by atoms with E-state index in [4.69, 9.17) is 40.5 Å². The van der Waals surface area contributed by atoms with Crippen molar-refractivity contribution in [2.45, 2.75) is 24.9 Å². The molecule has 1 nitrogen and oxygen atoms in total. The van der Waals surface area contributed by atoms with Gasteiger partial charge in [0.15, 0.2) is 0 Å². The Morgan fingerprint density at radius 3 is 2.45 bits per heavy atom. The molecular weight excluding hydrogens is 358 g/mol. The van der Waals surface area contributed by atoms with E-state index in [1.54, 1.807) is 12.1 Å². The van der Waals surface area contributed by atoms with E-state index in [0.29, 0.717) is 0 Å². The average molecular weight is 371 g/mol. The maximum Gasteiger partial charge on any atom is 0.416 e. The molecular formula is C15H13Cl3F3N. The molecule has 2 N–H and O–H groups in total. The summed E-state index contributed by atoms with van der Waals surface area (Å²) >= 11 is 18.0. The summed E-state index contributed by atoms with van der Waals surface area (Å²) in [6.07, 6.45) is -2.50. The van der Waals surface area contributed by atoms with E-state index in [-0.39, 0.29) is 45.6 Å². The van der Waals surface area contributed by atoms with E-state index in [1.807, 2.05) is 0 Å². The molecule has 0 spiro atoms. The van der Waals surface area contributed by atoms with Crippen molar-refractivity contribution < 1.29 is 13.2 Å². The fourth-order valence-corrected chi connectivity index (χ4v) is 3.32. The SMILES string of the molecule is NCCc1cccc(C2CC=C(Cl)C(Cl)=C2Cl)c1C(F)(F)F. The largest absolute Gasteiger partial charge is 0.416 e. The Morgan fingerprint density at radius 2 is 1.86 bits per heavy atom. The van der Waals surface area contributed by atoms with Crippen molar-refractivity contribution in [2.24, 2.45) is 5.73 Å². The van der Waals surface area contributed by atoms with Gasteiger partial charge in [-0.3, -0.25) is 0 Å². The van der Waals surface area contributed by atoms with Gasteiger partial charge in [0.05, 0.1) is 15.6 Å².